The first-order chi connectivity index (χ1) is 12.3. The van der Waals surface area contributed by atoms with Crippen LogP contribution in [-0.4, -0.2) is 49.7 Å². The highest BCUT2D eigenvalue weighted by Gasteiger charge is 2.32. The molecule has 26 heavy (non-hydrogen) atoms. The quantitative estimate of drug-likeness (QED) is 0.816. The van der Waals surface area contributed by atoms with Gasteiger partial charge >= 0.3 is 0 Å². The number of halogens is 3. The molecular formula is C17H15F3N2O3S. The molecule has 138 valence electrons. The first-order valence-electron chi connectivity index (χ1n) is 7.79. The van der Waals surface area contributed by atoms with Crippen LogP contribution in [0.15, 0.2) is 47.4 Å². The van der Waals surface area contributed by atoms with Crippen LogP contribution in [-0.2, 0) is 10.0 Å². The Hall–Kier alpha value is -2.39. The van der Waals surface area contributed by atoms with Crippen LogP contribution in [0.4, 0.5) is 13.2 Å². The highest BCUT2D eigenvalue weighted by Crippen LogP contribution is 2.22. The van der Waals surface area contributed by atoms with Gasteiger partial charge < -0.3 is 4.90 Å². The molecule has 1 aliphatic heterocycles. The largest absolute Gasteiger partial charge is 0.336 e. The summed E-state index contributed by atoms with van der Waals surface area (Å²) in [4.78, 5) is 13.2. The van der Waals surface area contributed by atoms with Crippen molar-refractivity contribution in [1.29, 1.82) is 0 Å². The Bertz CT molecular complexity index is 942. The van der Waals surface area contributed by atoms with Gasteiger partial charge in [0, 0.05) is 37.8 Å². The number of benzene rings is 2. The number of hydrogen-bond acceptors (Lipinski definition) is 3. The van der Waals surface area contributed by atoms with E-state index in [-0.39, 0.29) is 31.7 Å². The number of amides is 1. The number of piperazine rings is 1. The molecule has 3 rings (SSSR count). The molecule has 1 heterocycles. The summed E-state index contributed by atoms with van der Waals surface area (Å²) in [5.41, 5.74) is 0.172. The van der Waals surface area contributed by atoms with E-state index >= 15 is 0 Å². The van der Waals surface area contributed by atoms with Gasteiger partial charge in [-0.05, 0) is 30.3 Å². The fourth-order valence-corrected chi connectivity index (χ4v) is 4.23. The van der Waals surface area contributed by atoms with Crippen molar-refractivity contribution in [3.8, 4) is 0 Å². The van der Waals surface area contributed by atoms with Crippen molar-refractivity contribution < 1.29 is 26.4 Å². The van der Waals surface area contributed by atoms with E-state index in [1.165, 1.54) is 23.1 Å². The number of sulfonamides is 1. The number of hydrogen-bond donors (Lipinski definition) is 0. The van der Waals surface area contributed by atoms with Crippen LogP contribution in [0.3, 0.4) is 0 Å². The van der Waals surface area contributed by atoms with E-state index < -0.39 is 38.3 Å². The SMILES string of the molecule is O=C(c1cccc(F)c1)N1CCN(S(=O)(=O)c2ccc(F)cc2F)CC1. The van der Waals surface area contributed by atoms with Gasteiger partial charge in [0.15, 0.2) is 0 Å². The second-order valence-electron chi connectivity index (χ2n) is 5.78. The van der Waals surface area contributed by atoms with Gasteiger partial charge in [-0.15, -0.1) is 0 Å². The summed E-state index contributed by atoms with van der Waals surface area (Å²) in [6.45, 7) is 0.0786. The van der Waals surface area contributed by atoms with E-state index in [2.05, 4.69) is 0 Å². The first-order valence-corrected chi connectivity index (χ1v) is 9.23. The maximum Gasteiger partial charge on any atom is 0.254 e. The van der Waals surface area contributed by atoms with Gasteiger partial charge in [0.25, 0.3) is 5.91 Å². The Balaban J connectivity index is 1.72. The number of nitrogens with zero attached hydrogens (tertiary/aromatic N) is 2. The van der Waals surface area contributed by atoms with Gasteiger partial charge in [-0.3, -0.25) is 4.79 Å². The Kier molecular flexibility index (Phi) is 5.01. The van der Waals surface area contributed by atoms with Crippen molar-refractivity contribution in [3.63, 3.8) is 0 Å². The summed E-state index contributed by atoms with van der Waals surface area (Å²) in [7, 11) is -4.14. The second kappa shape index (κ2) is 7.08. The molecule has 0 saturated carbocycles. The first kappa shape index (κ1) is 18.4. The van der Waals surface area contributed by atoms with Gasteiger partial charge in [-0.25, -0.2) is 21.6 Å². The van der Waals surface area contributed by atoms with E-state index in [1.54, 1.807) is 0 Å². The standard InChI is InChI=1S/C17H15F3N2O3S/c18-13-3-1-2-12(10-13)17(23)21-6-8-22(9-7-21)26(24,25)16-5-4-14(19)11-15(16)20/h1-5,10-11H,6-9H2. The molecule has 0 spiro atoms. The van der Waals surface area contributed by atoms with E-state index in [0.717, 1.165) is 22.5 Å². The van der Waals surface area contributed by atoms with Crippen LogP contribution >= 0.6 is 0 Å². The molecular weight excluding hydrogens is 369 g/mol. The lowest BCUT2D eigenvalue weighted by Crippen LogP contribution is -2.50. The molecule has 2 aromatic rings. The van der Waals surface area contributed by atoms with Crippen LogP contribution < -0.4 is 0 Å². The maximum absolute atomic E-state index is 13.8. The lowest BCUT2D eigenvalue weighted by molar-refractivity contribution is 0.0697. The van der Waals surface area contributed by atoms with Crippen molar-refractivity contribution in [3.05, 3.63) is 65.5 Å². The minimum atomic E-state index is -4.14. The van der Waals surface area contributed by atoms with Crippen molar-refractivity contribution in [2.24, 2.45) is 0 Å². The summed E-state index contributed by atoms with van der Waals surface area (Å²) in [5, 5.41) is 0. The van der Waals surface area contributed by atoms with Crippen LogP contribution in [0.25, 0.3) is 0 Å². The molecule has 0 N–H and O–H groups in total. The minimum Gasteiger partial charge on any atom is -0.336 e. The van der Waals surface area contributed by atoms with Gasteiger partial charge in [0.05, 0.1) is 0 Å². The van der Waals surface area contributed by atoms with Crippen LogP contribution in [0.1, 0.15) is 10.4 Å². The van der Waals surface area contributed by atoms with Gasteiger partial charge in [0.2, 0.25) is 10.0 Å². The highest BCUT2D eigenvalue weighted by atomic mass is 32.2. The van der Waals surface area contributed by atoms with E-state index in [0.29, 0.717) is 6.07 Å². The predicted octanol–water partition coefficient (Wildman–Crippen LogP) is 2.25. The van der Waals surface area contributed by atoms with Crippen molar-refractivity contribution >= 4 is 15.9 Å². The molecule has 9 heteroatoms. The molecule has 1 saturated heterocycles. The summed E-state index contributed by atoms with van der Waals surface area (Å²) in [5.74, 6) is -2.98. The molecule has 0 unspecified atom stereocenters. The van der Waals surface area contributed by atoms with Gasteiger partial charge in [-0.1, -0.05) is 6.07 Å². The topological polar surface area (TPSA) is 57.7 Å². The van der Waals surface area contributed by atoms with E-state index in [1.807, 2.05) is 0 Å². The minimum absolute atomic E-state index is 0.0415. The Labute approximate surface area is 148 Å². The molecule has 2 aromatic carbocycles. The Morgan fingerprint density at radius 2 is 1.54 bits per heavy atom. The van der Waals surface area contributed by atoms with Crippen LogP contribution in [0.5, 0.6) is 0 Å². The fraction of sp³-hybridized carbons (Fsp3) is 0.235. The van der Waals surface area contributed by atoms with Crippen LogP contribution in [0.2, 0.25) is 0 Å². The molecule has 0 radical (unpaired) electrons. The maximum atomic E-state index is 13.8. The molecule has 0 bridgehead atoms. The van der Waals surface area contributed by atoms with Crippen molar-refractivity contribution in [1.82, 2.24) is 9.21 Å². The lowest BCUT2D eigenvalue weighted by atomic mass is 10.2. The molecule has 5 nitrogen and oxygen atoms in total. The molecule has 0 aliphatic carbocycles. The summed E-state index contributed by atoms with van der Waals surface area (Å²) < 4.78 is 66.1. The molecule has 1 amide bonds. The number of carbonyl (C=O) groups excluding carboxylic acids is 1. The lowest BCUT2D eigenvalue weighted by Gasteiger charge is -2.34. The predicted molar refractivity (Wildman–Crippen MR) is 87.4 cm³/mol. The van der Waals surface area contributed by atoms with Crippen molar-refractivity contribution in [2.75, 3.05) is 26.2 Å². The number of carbonyl (C=O) groups is 1. The normalized spacial score (nSPS) is 15.9. The zero-order valence-corrected chi connectivity index (χ0v) is 14.3. The average Bonchev–Trinajstić information content (AvgIpc) is 2.61. The summed E-state index contributed by atoms with van der Waals surface area (Å²) >= 11 is 0. The second-order valence-corrected chi connectivity index (χ2v) is 7.69. The van der Waals surface area contributed by atoms with Crippen LogP contribution in [0, 0.1) is 17.5 Å². The number of rotatable bonds is 3. The Morgan fingerprint density at radius 3 is 2.15 bits per heavy atom. The fourth-order valence-electron chi connectivity index (χ4n) is 2.76. The zero-order chi connectivity index (χ0) is 18.9. The molecule has 0 aromatic heterocycles. The average molecular weight is 384 g/mol. The van der Waals surface area contributed by atoms with Gasteiger partial charge in [-0.2, -0.15) is 4.31 Å². The molecule has 1 aliphatic rings. The third-order valence-corrected chi connectivity index (χ3v) is 6.04. The summed E-state index contributed by atoms with van der Waals surface area (Å²) in [6, 6.07) is 7.49. The highest BCUT2D eigenvalue weighted by molar-refractivity contribution is 7.89. The van der Waals surface area contributed by atoms with Crippen molar-refractivity contribution in [2.45, 2.75) is 4.90 Å². The third-order valence-electron chi connectivity index (χ3n) is 4.11. The monoisotopic (exact) mass is 384 g/mol. The summed E-state index contributed by atoms with van der Waals surface area (Å²) in [6.07, 6.45) is 0. The Morgan fingerprint density at radius 1 is 0.885 bits per heavy atom. The molecule has 0 atom stereocenters. The van der Waals surface area contributed by atoms with Gasteiger partial charge in [0.1, 0.15) is 22.3 Å². The zero-order valence-electron chi connectivity index (χ0n) is 13.5. The van der Waals surface area contributed by atoms with E-state index in [9.17, 15) is 26.4 Å². The third kappa shape index (κ3) is 3.58. The molecule has 1 fully saturated rings. The smallest absolute Gasteiger partial charge is 0.254 e. The van der Waals surface area contributed by atoms with E-state index in [4.69, 9.17) is 0 Å².